The lowest BCUT2D eigenvalue weighted by atomic mass is 10.1. The number of benzene rings is 1. The molecule has 0 bridgehead atoms. The molecule has 1 aromatic rings. The molecule has 3 heteroatoms. The molecule has 2 N–H and O–H groups in total. The average Bonchev–Trinajstić information content (AvgIpc) is 2.69. The minimum absolute atomic E-state index is 0.0406. The van der Waals surface area contributed by atoms with Gasteiger partial charge in [-0.2, -0.15) is 0 Å². The van der Waals surface area contributed by atoms with E-state index >= 15 is 0 Å². The van der Waals surface area contributed by atoms with Crippen LogP contribution in [0.4, 0.5) is 0 Å². The first-order chi connectivity index (χ1) is 9.39. The molecule has 102 valence electrons. The second kappa shape index (κ2) is 5.76. The smallest absolute Gasteiger partial charge is 0.146 e. The second-order valence-electron chi connectivity index (χ2n) is 5.45. The molecule has 2 heterocycles. The highest BCUT2D eigenvalue weighted by atomic mass is 15.4. The highest BCUT2D eigenvalue weighted by Gasteiger charge is 2.36. The van der Waals surface area contributed by atoms with Crippen LogP contribution in [-0.4, -0.2) is 23.8 Å². The zero-order chi connectivity index (χ0) is 13.0. The minimum Gasteiger partial charge on any atom is -0.348 e. The van der Waals surface area contributed by atoms with E-state index in [-0.39, 0.29) is 5.79 Å². The average molecular weight is 257 g/mol. The van der Waals surface area contributed by atoms with Crippen LogP contribution in [0, 0.1) is 0 Å². The zero-order valence-electron chi connectivity index (χ0n) is 11.4. The quantitative estimate of drug-likeness (QED) is 0.871. The van der Waals surface area contributed by atoms with Gasteiger partial charge in [-0.25, -0.2) is 0 Å². The van der Waals surface area contributed by atoms with Gasteiger partial charge in [-0.1, -0.05) is 36.4 Å². The normalized spacial score (nSPS) is 26.8. The molecule has 3 nitrogen and oxygen atoms in total. The molecule has 0 aromatic heterocycles. The Kier molecular flexibility index (Phi) is 3.85. The van der Waals surface area contributed by atoms with Crippen molar-refractivity contribution < 1.29 is 0 Å². The fourth-order valence-electron chi connectivity index (χ4n) is 3.04. The van der Waals surface area contributed by atoms with E-state index in [2.05, 4.69) is 58.1 Å². The summed E-state index contributed by atoms with van der Waals surface area (Å²) in [7, 11) is 0. The van der Waals surface area contributed by atoms with Gasteiger partial charge < -0.3 is 4.90 Å². The molecule has 0 amide bonds. The maximum atomic E-state index is 3.76. The summed E-state index contributed by atoms with van der Waals surface area (Å²) in [6, 6.07) is 10.6. The van der Waals surface area contributed by atoms with Crippen molar-refractivity contribution in [1.29, 1.82) is 0 Å². The molecule has 1 unspecified atom stereocenters. The molecule has 0 saturated carbocycles. The highest BCUT2D eigenvalue weighted by molar-refractivity contribution is 5.15. The van der Waals surface area contributed by atoms with Crippen molar-refractivity contribution in [3.8, 4) is 0 Å². The number of hydrogen-bond donors (Lipinski definition) is 2. The van der Waals surface area contributed by atoms with Gasteiger partial charge >= 0.3 is 0 Å². The second-order valence-corrected chi connectivity index (χ2v) is 5.45. The van der Waals surface area contributed by atoms with Crippen LogP contribution < -0.4 is 10.6 Å². The van der Waals surface area contributed by atoms with Crippen molar-refractivity contribution in [2.45, 2.75) is 38.0 Å². The summed E-state index contributed by atoms with van der Waals surface area (Å²) >= 11 is 0. The van der Waals surface area contributed by atoms with Gasteiger partial charge in [0.1, 0.15) is 5.79 Å². The summed E-state index contributed by atoms with van der Waals surface area (Å²) in [5, 5.41) is 7.47. The molecule has 2 aliphatic rings. The van der Waals surface area contributed by atoms with Gasteiger partial charge in [-0.15, -0.1) is 0 Å². The molecule has 1 atom stereocenters. The predicted molar refractivity (Wildman–Crippen MR) is 78.3 cm³/mol. The Balaban J connectivity index is 1.73. The molecule has 1 aromatic carbocycles. The largest absolute Gasteiger partial charge is 0.348 e. The molecule has 0 aliphatic carbocycles. The Morgan fingerprint density at radius 1 is 1.21 bits per heavy atom. The summed E-state index contributed by atoms with van der Waals surface area (Å²) in [6.45, 7) is 3.16. The third-order valence-electron chi connectivity index (χ3n) is 4.11. The van der Waals surface area contributed by atoms with Gasteiger partial charge in [0.15, 0.2) is 0 Å². The summed E-state index contributed by atoms with van der Waals surface area (Å²) in [5.74, 6) is -0.0406. The van der Waals surface area contributed by atoms with E-state index in [0.717, 1.165) is 26.1 Å². The Morgan fingerprint density at radius 3 is 3.00 bits per heavy atom. The van der Waals surface area contributed by atoms with Crippen LogP contribution in [-0.2, 0) is 6.54 Å². The van der Waals surface area contributed by atoms with Crippen LogP contribution in [0.3, 0.4) is 0 Å². The standard InChI is InChI=1S/C16H23N3/c1-3-8-15(9-4-1)14-18-16-10-5-2-6-12-19(16)13-7-11-17-16/h1,3-4,6,8-9,12,17-18H,2,5,7,10-11,13-14H2. The topological polar surface area (TPSA) is 27.3 Å². The number of rotatable bonds is 3. The molecule has 3 rings (SSSR count). The molecular weight excluding hydrogens is 234 g/mol. The van der Waals surface area contributed by atoms with Gasteiger partial charge in [-0.3, -0.25) is 10.6 Å². The number of fused-ring (bicyclic) bond motifs is 1. The van der Waals surface area contributed by atoms with Crippen molar-refractivity contribution in [1.82, 2.24) is 15.5 Å². The fraction of sp³-hybridized carbons (Fsp3) is 0.500. The number of nitrogens with one attached hydrogen (secondary N) is 2. The van der Waals surface area contributed by atoms with Crippen molar-refractivity contribution in [2.24, 2.45) is 0 Å². The Labute approximate surface area is 115 Å². The molecule has 0 radical (unpaired) electrons. The maximum absolute atomic E-state index is 3.76. The summed E-state index contributed by atoms with van der Waals surface area (Å²) in [6.07, 6.45) is 9.39. The van der Waals surface area contributed by atoms with E-state index in [9.17, 15) is 0 Å². The number of allylic oxidation sites excluding steroid dienone is 1. The van der Waals surface area contributed by atoms with E-state index in [4.69, 9.17) is 0 Å². The van der Waals surface area contributed by atoms with Crippen molar-refractivity contribution >= 4 is 0 Å². The van der Waals surface area contributed by atoms with Crippen molar-refractivity contribution in [3.63, 3.8) is 0 Å². The van der Waals surface area contributed by atoms with Crippen LogP contribution in [0.1, 0.15) is 31.2 Å². The van der Waals surface area contributed by atoms with Crippen molar-refractivity contribution in [2.75, 3.05) is 13.1 Å². The van der Waals surface area contributed by atoms with E-state index in [1.165, 1.54) is 24.8 Å². The molecule has 19 heavy (non-hydrogen) atoms. The van der Waals surface area contributed by atoms with E-state index in [0.29, 0.717) is 0 Å². The lowest BCUT2D eigenvalue weighted by molar-refractivity contribution is 0.0287. The fourth-order valence-corrected chi connectivity index (χ4v) is 3.04. The van der Waals surface area contributed by atoms with Gasteiger partial charge in [-0.05, 0) is 37.4 Å². The third kappa shape index (κ3) is 2.82. The molecule has 1 fully saturated rings. The van der Waals surface area contributed by atoms with Gasteiger partial charge in [0.05, 0.1) is 0 Å². The summed E-state index contributed by atoms with van der Waals surface area (Å²) < 4.78 is 0. The predicted octanol–water partition coefficient (Wildman–Crippen LogP) is 2.42. The lowest BCUT2D eigenvalue weighted by Gasteiger charge is -2.47. The highest BCUT2D eigenvalue weighted by Crippen LogP contribution is 2.25. The summed E-state index contributed by atoms with van der Waals surface area (Å²) in [4.78, 5) is 2.45. The summed E-state index contributed by atoms with van der Waals surface area (Å²) in [5.41, 5.74) is 1.34. The van der Waals surface area contributed by atoms with E-state index in [1.54, 1.807) is 0 Å². The third-order valence-corrected chi connectivity index (χ3v) is 4.11. The Morgan fingerprint density at radius 2 is 2.11 bits per heavy atom. The number of nitrogens with zero attached hydrogens (tertiary/aromatic N) is 1. The molecule has 1 saturated heterocycles. The van der Waals surface area contributed by atoms with E-state index in [1.807, 2.05) is 0 Å². The Hall–Kier alpha value is -1.32. The first-order valence-corrected chi connectivity index (χ1v) is 7.36. The molecule has 2 aliphatic heterocycles. The first-order valence-electron chi connectivity index (χ1n) is 7.36. The SMILES string of the molecule is C1=CN2CCCNC2(NCc2ccccc2)CCC1. The van der Waals surface area contributed by atoms with Gasteiger partial charge in [0.25, 0.3) is 0 Å². The van der Waals surface area contributed by atoms with Gasteiger partial charge in [0.2, 0.25) is 0 Å². The maximum Gasteiger partial charge on any atom is 0.146 e. The van der Waals surface area contributed by atoms with Crippen LogP contribution in [0.25, 0.3) is 0 Å². The minimum atomic E-state index is -0.0406. The molecule has 0 spiro atoms. The van der Waals surface area contributed by atoms with Crippen LogP contribution in [0.2, 0.25) is 0 Å². The van der Waals surface area contributed by atoms with Gasteiger partial charge in [0, 0.05) is 19.6 Å². The molecular formula is C16H23N3. The van der Waals surface area contributed by atoms with Crippen LogP contribution in [0.5, 0.6) is 0 Å². The van der Waals surface area contributed by atoms with E-state index < -0.39 is 0 Å². The van der Waals surface area contributed by atoms with Crippen LogP contribution >= 0.6 is 0 Å². The van der Waals surface area contributed by atoms with Crippen molar-refractivity contribution in [3.05, 3.63) is 48.2 Å². The number of hydrogen-bond acceptors (Lipinski definition) is 3. The monoisotopic (exact) mass is 257 g/mol. The Bertz CT molecular complexity index is 429. The lowest BCUT2D eigenvalue weighted by Crippen LogP contribution is -2.68. The van der Waals surface area contributed by atoms with Crippen LogP contribution in [0.15, 0.2) is 42.6 Å². The first kappa shape index (κ1) is 12.7. The zero-order valence-corrected chi connectivity index (χ0v) is 11.4.